The molecule has 2 saturated carbocycles. The molecule has 2 aromatic heterocycles. The van der Waals surface area contributed by atoms with Crippen molar-refractivity contribution in [2.24, 2.45) is 27.8 Å². The van der Waals surface area contributed by atoms with Crippen molar-refractivity contribution in [2.45, 2.75) is 94.9 Å². The Morgan fingerprint density at radius 1 is 0.696 bits per heavy atom. The lowest BCUT2D eigenvalue weighted by molar-refractivity contribution is 0.0921. The number of nitrogens with zero attached hydrogens (tertiary/aromatic N) is 7. The Labute approximate surface area is 412 Å². The van der Waals surface area contributed by atoms with Crippen LogP contribution in [0.25, 0.3) is 34.0 Å². The lowest BCUT2D eigenvalue weighted by Crippen LogP contribution is -2.43. The molecule has 0 saturated heterocycles. The van der Waals surface area contributed by atoms with E-state index in [1.807, 2.05) is 58.2 Å². The highest BCUT2D eigenvalue weighted by Gasteiger charge is 2.44. The fourth-order valence-corrected chi connectivity index (χ4v) is 10.2. The molecule has 364 valence electrons. The number of halogens is 3. The summed E-state index contributed by atoms with van der Waals surface area (Å²) >= 11 is 5.16. The largest absolute Gasteiger partial charge is 0.352 e. The molecule has 1 N–H and O–H groups in total. The number of benzene rings is 4. The van der Waals surface area contributed by atoms with Crippen molar-refractivity contribution in [3.8, 4) is 11.4 Å². The van der Waals surface area contributed by atoms with Crippen LogP contribution >= 0.6 is 11.6 Å². The molecule has 69 heavy (non-hydrogen) atoms. The van der Waals surface area contributed by atoms with Crippen molar-refractivity contribution < 1.29 is 18.4 Å². The highest BCUT2D eigenvalue weighted by atomic mass is 35.5. The quantitative estimate of drug-likeness (QED) is 0.0704. The summed E-state index contributed by atoms with van der Waals surface area (Å²) in [7, 11) is 0. The van der Waals surface area contributed by atoms with Gasteiger partial charge >= 0.3 is 0 Å². The van der Waals surface area contributed by atoms with E-state index in [1.54, 1.807) is 48.5 Å². The van der Waals surface area contributed by atoms with Gasteiger partial charge in [0.15, 0.2) is 0 Å². The Morgan fingerprint density at radius 2 is 1.13 bits per heavy atom. The standard InChI is InChI=1S/C26H26FN3O.C19H20FN5.C7H5ClO.4CH4/c1-26-15-19-16-29-30(23-12-10-22(27)11-13-23)24(19)14-20(26)8-5-9-21(26)17-28-25(31)18-6-3-2-4-7-18;1-19-10-13-11-23-25(17-7-5-16(20)6-8-17)18(13)9-14(19)3-2-4-15(19)12-22-24-21;8-7(9)6-4-2-1-3-5-6;;;;/h2-4,6-7,10-14,16,21H,5,8-9,15,17H2,1H3,(H,28,31);5-9,11,15H,2-4,10,12H2,1H3;1-5H;4*1H4/t21-,26+;15-,19+;;;;;/m11...../s1. The first-order valence-corrected chi connectivity index (χ1v) is 22.5. The fraction of sp³-hybridized carbons (Fsp3) is 0.357. The number of fused-ring (bicyclic) bond motifs is 4. The Hall–Kier alpha value is -6.62. The normalized spacial score (nSPS) is 20.1. The van der Waals surface area contributed by atoms with Crippen LogP contribution in [0.2, 0.25) is 0 Å². The molecule has 10 nitrogen and oxygen atoms in total. The second-order valence-electron chi connectivity index (χ2n) is 17.7. The summed E-state index contributed by atoms with van der Waals surface area (Å²) in [5, 5.41) is 15.8. The zero-order valence-corrected chi connectivity index (χ0v) is 37.3. The van der Waals surface area contributed by atoms with Gasteiger partial charge in [0.05, 0.1) is 35.2 Å². The second kappa shape index (κ2) is 24.1. The van der Waals surface area contributed by atoms with Crippen LogP contribution in [0.1, 0.15) is 125 Å². The van der Waals surface area contributed by atoms with Gasteiger partial charge in [-0.1, -0.05) is 108 Å². The van der Waals surface area contributed by atoms with E-state index in [4.69, 9.17) is 17.1 Å². The summed E-state index contributed by atoms with van der Waals surface area (Å²) in [6.07, 6.45) is 16.7. The molecular weight excluding hydrogens is 890 g/mol. The summed E-state index contributed by atoms with van der Waals surface area (Å²) in [6, 6.07) is 31.0. The molecular formula is C56H67ClF2N8O2. The monoisotopic (exact) mass is 957 g/mol. The molecule has 0 spiro atoms. The van der Waals surface area contributed by atoms with Crippen LogP contribution in [0, 0.1) is 34.3 Å². The van der Waals surface area contributed by atoms with Gasteiger partial charge in [0.1, 0.15) is 11.6 Å². The van der Waals surface area contributed by atoms with E-state index in [-0.39, 0.29) is 58.1 Å². The number of rotatable bonds is 8. The van der Waals surface area contributed by atoms with Gasteiger partial charge in [0.2, 0.25) is 0 Å². The van der Waals surface area contributed by atoms with Crippen LogP contribution in [0.4, 0.5) is 8.78 Å². The molecule has 2 fully saturated rings. The van der Waals surface area contributed by atoms with Crippen molar-refractivity contribution in [1.29, 1.82) is 0 Å². The molecule has 13 heteroatoms. The van der Waals surface area contributed by atoms with Crippen molar-refractivity contribution in [1.82, 2.24) is 24.9 Å². The molecule has 2 heterocycles. The highest BCUT2D eigenvalue weighted by Crippen LogP contribution is 2.52. The number of amides is 1. The van der Waals surface area contributed by atoms with Gasteiger partial charge in [-0.3, -0.25) is 9.59 Å². The van der Waals surface area contributed by atoms with Gasteiger partial charge in [-0.05, 0) is 175 Å². The van der Waals surface area contributed by atoms with E-state index in [2.05, 4.69) is 51.5 Å². The lowest BCUT2D eigenvalue weighted by Gasteiger charge is -2.46. The van der Waals surface area contributed by atoms with Gasteiger partial charge in [0, 0.05) is 29.1 Å². The average Bonchev–Trinajstić information content (AvgIpc) is 3.92. The van der Waals surface area contributed by atoms with Crippen LogP contribution in [-0.2, 0) is 12.8 Å². The Balaban J connectivity index is 0.000000246. The van der Waals surface area contributed by atoms with E-state index in [0.717, 1.165) is 74.1 Å². The molecule has 1 amide bonds. The predicted molar refractivity (Wildman–Crippen MR) is 278 cm³/mol. The number of hydrogen-bond acceptors (Lipinski definition) is 5. The van der Waals surface area contributed by atoms with E-state index in [9.17, 15) is 18.4 Å². The maximum atomic E-state index is 13.3. The van der Waals surface area contributed by atoms with Crippen molar-refractivity contribution >= 4 is 34.9 Å². The molecule has 4 aromatic carbocycles. The minimum atomic E-state index is -0.407. The van der Waals surface area contributed by atoms with Gasteiger partial charge in [-0.2, -0.15) is 10.2 Å². The summed E-state index contributed by atoms with van der Waals surface area (Å²) < 4.78 is 30.3. The zero-order chi connectivity index (χ0) is 45.6. The maximum Gasteiger partial charge on any atom is 0.252 e. The number of azide groups is 1. The van der Waals surface area contributed by atoms with Gasteiger partial charge in [-0.25, -0.2) is 18.1 Å². The summed E-state index contributed by atoms with van der Waals surface area (Å²) in [6.45, 7) is 5.83. The Bertz CT molecular complexity index is 2760. The Kier molecular flexibility index (Phi) is 19.2. The maximum absolute atomic E-state index is 13.3. The smallest absolute Gasteiger partial charge is 0.252 e. The molecule has 0 radical (unpaired) electrons. The molecule has 4 atom stereocenters. The first kappa shape index (κ1) is 55.0. The van der Waals surface area contributed by atoms with Crippen LogP contribution in [0.3, 0.4) is 0 Å². The molecule has 10 rings (SSSR count). The Morgan fingerprint density at radius 3 is 1.57 bits per heavy atom. The predicted octanol–water partition coefficient (Wildman–Crippen LogP) is 14.9. The van der Waals surface area contributed by atoms with Crippen molar-refractivity contribution in [2.75, 3.05) is 13.1 Å². The fourth-order valence-electron chi connectivity index (χ4n) is 10.1. The minimum Gasteiger partial charge on any atom is -0.352 e. The molecule has 4 aliphatic rings. The number of carbonyl (C=O) groups excluding carboxylic acids is 2. The number of carbonyl (C=O) groups is 2. The second-order valence-corrected chi connectivity index (χ2v) is 18.1. The average molecular weight is 958 g/mol. The van der Waals surface area contributed by atoms with Crippen LogP contribution in [-0.4, -0.2) is 43.8 Å². The number of aromatic nitrogens is 4. The topological polar surface area (TPSA) is 131 Å². The highest BCUT2D eigenvalue weighted by molar-refractivity contribution is 6.67. The summed E-state index contributed by atoms with van der Waals surface area (Å²) in [5.74, 6) is 0.237. The third-order valence-corrected chi connectivity index (χ3v) is 14.0. The lowest BCUT2D eigenvalue weighted by atomic mass is 9.60. The van der Waals surface area contributed by atoms with Crippen LogP contribution in [0.15, 0.2) is 138 Å². The van der Waals surface area contributed by atoms with E-state index in [0.29, 0.717) is 36.1 Å². The van der Waals surface area contributed by atoms with E-state index in [1.165, 1.54) is 46.5 Å². The number of allylic oxidation sites excluding steroid dienone is 2. The summed E-state index contributed by atoms with van der Waals surface area (Å²) in [4.78, 5) is 25.9. The number of nitrogens with one attached hydrogen (secondary N) is 1. The SMILES string of the molecule is C.C.C.C.C[C@]12Cc3cnn(-c4ccc(F)cc4)c3C=C1CCC[C@@H]2CN=[N+]=[N-].C[C@]12Cc3cnn(-c4ccc(F)cc4)c3C=C1CCC[C@@H]2CNC(=O)c1ccccc1.O=C(Cl)c1ccccc1. The minimum absolute atomic E-state index is 0. The van der Waals surface area contributed by atoms with Gasteiger partial charge in [-0.15, -0.1) is 0 Å². The first-order chi connectivity index (χ1) is 31.5. The van der Waals surface area contributed by atoms with E-state index < -0.39 is 5.24 Å². The molecule has 0 bridgehead atoms. The zero-order valence-electron chi connectivity index (χ0n) is 36.5. The van der Waals surface area contributed by atoms with Gasteiger partial charge in [0.25, 0.3) is 11.1 Å². The van der Waals surface area contributed by atoms with Crippen LogP contribution < -0.4 is 5.32 Å². The molecule has 0 aliphatic heterocycles. The third kappa shape index (κ3) is 12.0. The third-order valence-electron chi connectivity index (χ3n) is 13.8. The van der Waals surface area contributed by atoms with Crippen molar-refractivity contribution in [3.05, 3.63) is 188 Å². The van der Waals surface area contributed by atoms with Crippen molar-refractivity contribution in [3.63, 3.8) is 0 Å². The first-order valence-electron chi connectivity index (χ1n) is 22.1. The van der Waals surface area contributed by atoms with Crippen LogP contribution in [0.5, 0.6) is 0 Å². The summed E-state index contributed by atoms with van der Waals surface area (Å²) in [5.41, 5.74) is 19.1. The molecule has 0 unspecified atom stereocenters. The number of hydrogen-bond donors (Lipinski definition) is 1. The van der Waals surface area contributed by atoms with E-state index >= 15 is 0 Å². The molecule has 6 aromatic rings. The molecule has 4 aliphatic carbocycles. The van der Waals surface area contributed by atoms with Gasteiger partial charge < -0.3 is 5.32 Å².